The molecule has 0 saturated heterocycles. The fourth-order valence-corrected chi connectivity index (χ4v) is 0.670. The molecule has 1 atom stereocenters. The maximum atomic E-state index is 5.66. The molecule has 0 aliphatic heterocycles. The second-order valence-corrected chi connectivity index (χ2v) is 3.02. The SMILES string of the molecule is CCC.CCCCC(N)CC. The first-order valence-electron chi connectivity index (χ1n) is 4.98. The highest BCUT2D eigenvalue weighted by atomic mass is 14.6. The minimum Gasteiger partial charge on any atom is -0.328 e. The van der Waals surface area contributed by atoms with Gasteiger partial charge in [-0.25, -0.2) is 0 Å². The second kappa shape index (κ2) is 12.6. The van der Waals surface area contributed by atoms with Crippen LogP contribution in [0.5, 0.6) is 0 Å². The van der Waals surface area contributed by atoms with Crippen LogP contribution in [0, 0.1) is 0 Å². The topological polar surface area (TPSA) is 26.0 Å². The highest BCUT2D eigenvalue weighted by Gasteiger charge is 1.94. The Morgan fingerprint density at radius 3 is 1.82 bits per heavy atom. The van der Waals surface area contributed by atoms with Crippen molar-refractivity contribution < 1.29 is 0 Å². The Balaban J connectivity index is 0. The van der Waals surface area contributed by atoms with Gasteiger partial charge in [-0.15, -0.1) is 0 Å². The summed E-state index contributed by atoms with van der Waals surface area (Å²) < 4.78 is 0. The van der Waals surface area contributed by atoms with E-state index in [1.165, 1.54) is 25.7 Å². The second-order valence-electron chi connectivity index (χ2n) is 3.02. The van der Waals surface area contributed by atoms with Crippen LogP contribution in [0.2, 0.25) is 0 Å². The van der Waals surface area contributed by atoms with Gasteiger partial charge >= 0.3 is 0 Å². The van der Waals surface area contributed by atoms with Crippen LogP contribution in [-0.4, -0.2) is 6.04 Å². The summed E-state index contributed by atoms with van der Waals surface area (Å²) in [5.74, 6) is 0. The third-order valence-electron chi connectivity index (χ3n) is 1.45. The highest BCUT2D eigenvalue weighted by Crippen LogP contribution is 1.99. The molecule has 11 heavy (non-hydrogen) atoms. The molecule has 0 aromatic heterocycles. The van der Waals surface area contributed by atoms with Crippen LogP contribution in [0.1, 0.15) is 59.8 Å². The quantitative estimate of drug-likeness (QED) is 0.669. The molecule has 0 spiro atoms. The van der Waals surface area contributed by atoms with Gasteiger partial charge in [0, 0.05) is 6.04 Å². The number of hydrogen-bond acceptors (Lipinski definition) is 1. The van der Waals surface area contributed by atoms with Crippen LogP contribution in [-0.2, 0) is 0 Å². The van der Waals surface area contributed by atoms with Crippen LogP contribution >= 0.6 is 0 Å². The van der Waals surface area contributed by atoms with Crippen molar-refractivity contribution in [2.75, 3.05) is 0 Å². The van der Waals surface area contributed by atoms with Crippen molar-refractivity contribution in [3.05, 3.63) is 0 Å². The summed E-state index contributed by atoms with van der Waals surface area (Å²) in [6.45, 7) is 8.59. The molecule has 0 fully saturated rings. The zero-order valence-electron chi connectivity index (χ0n) is 8.69. The molecule has 0 saturated carbocycles. The predicted octanol–water partition coefficient (Wildman–Crippen LogP) is 3.33. The Bertz CT molecular complexity index is 52.8. The summed E-state index contributed by atoms with van der Waals surface area (Å²) in [7, 11) is 0. The van der Waals surface area contributed by atoms with E-state index in [1.807, 2.05) is 0 Å². The van der Waals surface area contributed by atoms with Gasteiger partial charge in [0.25, 0.3) is 0 Å². The lowest BCUT2D eigenvalue weighted by Gasteiger charge is -2.04. The van der Waals surface area contributed by atoms with Crippen LogP contribution in [0.25, 0.3) is 0 Å². The molecule has 0 rings (SSSR count). The lowest BCUT2D eigenvalue weighted by molar-refractivity contribution is 0.562. The molecule has 0 bridgehead atoms. The van der Waals surface area contributed by atoms with Gasteiger partial charge in [0.2, 0.25) is 0 Å². The normalized spacial score (nSPS) is 11.7. The standard InChI is InChI=1S/C7H17N.C3H8/c1-3-5-6-7(8)4-2;1-3-2/h7H,3-6,8H2,1-2H3;3H2,1-2H3. The molecule has 0 radical (unpaired) electrons. The van der Waals surface area contributed by atoms with Gasteiger partial charge in [0.05, 0.1) is 0 Å². The summed E-state index contributed by atoms with van der Waals surface area (Å²) in [4.78, 5) is 0. The van der Waals surface area contributed by atoms with E-state index in [1.54, 1.807) is 0 Å². The molecule has 0 aliphatic carbocycles. The zero-order chi connectivity index (χ0) is 9.11. The van der Waals surface area contributed by atoms with E-state index in [-0.39, 0.29) is 0 Å². The van der Waals surface area contributed by atoms with Gasteiger partial charge in [-0.05, 0) is 12.8 Å². The van der Waals surface area contributed by atoms with Gasteiger partial charge in [-0.3, -0.25) is 0 Å². The fourth-order valence-electron chi connectivity index (χ4n) is 0.670. The monoisotopic (exact) mass is 159 g/mol. The molecular formula is C10H25N. The van der Waals surface area contributed by atoms with E-state index in [2.05, 4.69) is 27.7 Å². The molecule has 0 aromatic rings. The Morgan fingerprint density at radius 1 is 1.09 bits per heavy atom. The molecule has 0 heterocycles. The van der Waals surface area contributed by atoms with E-state index in [0.29, 0.717) is 6.04 Å². The molecule has 0 aromatic carbocycles. The number of rotatable bonds is 4. The Morgan fingerprint density at radius 2 is 1.55 bits per heavy atom. The maximum absolute atomic E-state index is 5.66. The van der Waals surface area contributed by atoms with Crippen molar-refractivity contribution in [1.82, 2.24) is 0 Å². The summed E-state index contributed by atoms with van der Waals surface area (Å²) in [5.41, 5.74) is 5.66. The molecule has 1 nitrogen and oxygen atoms in total. The van der Waals surface area contributed by atoms with Crippen molar-refractivity contribution in [2.45, 2.75) is 65.8 Å². The zero-order valence-corrected chi connectivity index (χ0v) is 8.69. The van der Waals surface area contributed by atoms with Crippen molar-refractivity contribution in [1.29, 1.82) is 0 Å². The summed E-state index contributed by atoms with van der Waals surface area (Å²) in [5, 5.41) is 0. The summed E-state index contributed by atoms with van der Waals surface area (Å²) >= 11 is 0. The van der Waals surface area contributed by atoms with Crippen LogP contribution in [0.4, 0.5) is 0 Å². The minimum atomic E-state index is 0.454. The van der Waals surface area contributed by atoms with Crippen molar-refractivity contribution in [2.24, 2.45) is 5.73 Å². The number of nitrogens with two attached hydrogens (primary N) is 1. The molecule has 2 N–H and O–H groups in total. The van der Waals surface area contributed by atoms with E-state index >= 15 is 0 Å². The maximum Gasteiger partial charge on any atom is 0.00362 e. The Labute approximate surface area is 72.4 Å². The van der Waals surface area contributed by atoms with E-state index in [4.69, 9.17) is 5.73 Å². The molecule has 1 heteroatoms. The number of hydrogen-bond donors (Lipinski definition) is 1. The third-order valence-corrected chi connectivity index (χ3v) is 1.45. The average molecular weight is 159 g/mol. The summed E-state index contributed by atoms with van der Waals surface area (Å²) in [6.07, 6.45) is 6.13. The molecular weight excluding hydrogens is 134 g/mol. The van der Waals surface area contributed by atoms with Gasteiger partial charge in [-0.1, -0.05) is 47.0 Å². The fraction of sp³-hybridized carbons (Fsp3) is 1.00. The van der Waals surface area contributed by atoms with Gasteiger partial charge < -0.3 is 5.73 Å². The Kier molecular flexibility index (Phi) is 15.5. The first kappa shape index (κ1) is 13.5. The molecule has 1 unspecified atom stereocenters. The minimum absolute atomic E-state index is 0.454. The van der Waals surface area contributed by atoms with Gasteiger partial charge in [-0.2, -0.15) is 0 Å². The highest BCUT2D eigenvalue weighted by molar-refractivity contribution is 4.56. The molecule has 0 aliphatic rings. The van der Waals surface area contributed by atoms with E-state index in [9.17, 15) is 0 Å². The van der Waals surface area contributed by atoms with Crippen LogP contribution < -0.4 is 5.73 Å². The molecule has 70 valence electrons. The van der Waals surface area contributed by atoms with Crippen molar-refractivity contribution in [3.63, 3.8) is 0 Å². The van der Waals surface area contributed by atoms with E-state index < -0.39 is 0 Å². The van der Waals surface area contributed by atoms with Crippen molar-refractivity contribution in [3.8, 4) is 0 Å². The van der Waals surface area contributed by atoms with Crippen LogP contribution in [0.15, 0.2) is 0 Å². The first-order valence-corrected chi connectivity index (χ1v) is 4.98. The molecule has 0 amide bonds. The number of unbranched alkanes of at least 4 members (excludes halogenated alkanes) is 1. The largest absolute Gasteiger partial charge is 0.328 e. The predicted molar refractivity (Wildman–Crippen MR) is 53.8 cm³/mol. The first-order chi connectivity index (χ1) is 5.22. The lowest BCUT2D eigenvalue weighted by atomic mass is 10.1. The summed E-state index contributed by atoms with van der Waals surface area (Å²) in [6, 6.07) is 0.454. The van der Waals surface area contributed by atoms with E-state index in [0.717, 1.165) is 6.42 Å². The van der Waals surface area contributed by atoms with Crippen molar-refractivity contribution >= 4 is 0 Å². The average Bonchev–Trinajstić information content (AvgIpc) is 2.02. The lowest BCUT2D eigenvalue weighted by Crippen LogP contribution is -2.17. The Hall–Kier alpha value is -0.0400. The van der Waals surface area contributed by atoms with Gasteiger partial charge in [0.1, 0.15) is 0 Å². The van der Waals surface area contributed by atoms with Gasteiger partial charge in [0.15, 0.2) is 0 Å². The third kappa shape index (κ3) is 17.8. The van der Waals surface area contributed by atoms with Crippen LogP contribution in [0.3, 0.4) is 0 Å². The smallest absolute Gasteiger partial charge is 0.00362 e.